The molecule has 0 spiro atoms. The van der Waals surface area contributed by atoms with Gasteiger partial charge in [-0.1, -0.05) is 6.92 Å². The van der Waals surface area contributed by atoms with E-state index in [1.54, 1.807) is 11.1 Å². The third-order valence-corrected chi connectivity index (χ3v) is 3.58. The van der Waals surface area contributed by atoms with Gasteiger partial charge in [0.15, 0.2) is 0 Å². The second-order valence-electron chi connectivity index (χ2n) is 4.66. The summed E-state index contributed by atoms with van der Waals surface area (Å²) in [5, 5.41) is 9.29. The average molecular weight is 264 g/mol. The van der Waals surface area contributed by atoms with Crippen LogP contribution in [0.3, 0.4) is 0 Å². The summed E-state index contributed by atoms with van der Waals surface area (Å²) in [6.45, 7) is 5.18. The van der Waals surface area contributed by atoms with Gasteiger partial charge in [-0.15, -0.1) is 0 Å². The molecule has 0 aromatic carbocycles. The number of carbonyl (C=O) groups is 1. The average Bonchev–Trinajstić information content (AvgIpc) is 2.49. The maximum Gasteiger partial charge on any atom is 0.274 e. The summed E-state index contributed by atoms with van der Waals surface area (Å²) >= 11 is 0. The summed E-state index contributed by atoms with van der Waals surface area (Å²) in [7, 11) is 0. The number of amides is 1. The molecule has 0 aliphatic carbocycles. The van der Waals surface area contributed by atoms with Crippen LogP contribution in [0.1, 0.15) is 23.8 Å². The Morgan fingerprint density at radius 3 is 2.63 bits per heavy atom. The zero-order chi connectivity index (χ0) is 13.7. The van der Waals surface area contributed by atoms with Crippen LogP contribution >= 0.6 is 0 Å². The third-order valence-electron chi connectivity index (χ3n) is 3.58. The second kappa shape index (κ2) is 6.58. The Bertz CT molecular complexity index is 400. The van der Waals surface area contributed by atoms with Gasteiger partial charge in [0.05, 0.1) is 12.8 Å². The Labute approximate surface area is 113 Å². The van der Waals surface area contributed by atoms with Crippen molar-refractivity contribution in [3.05, 3.63) is 24.3 Å². The van der Waals surface area contributed by atoms with Gasteiger partial charge in [0.25, 0.3) is 5.91 Å². The van der Waals surface area contributed by atoms with Gasteiger partial charge in [0.2, 0.25) is 0 Å². The summed E-state index contributed by atoms with van der Waals surface area (Å²) in [5.74, 6) is -0.0650. The van der Waals surface area contributed by atoms with Crippen molar-refractivity contribution in [1.29, 1.82) is 0 Å². The largest absolute Gasteiger partial charge is 0.395 e. The summed E-state index contributed by atoms with van der Waals surface area (Å²) in [6.07, 6.45) is 5.51. The van der Waals surface area contributed by atoms with Gasteiger partial charge < -0.3 is 10.0 Å². The summed E-state index contributed by atoms with van der Waals surface area (Å²) in [4.78, 5) is 24.2. The van der Waals surface area contributed by atoms with Crippen molar-refractivity contribution in [2.24, 2.45) is 0 Å². The Hall–Kier alpha value is -1.53. The molecule has 1 atom stereocenters. The van der Waals surface area contributed by atoms with Gasteiger partial charge in [-0.05, 0) is 6.42 Å². The van der Waals surface area contributed by atoms with Crippen LogP contribution in [0.5, 0.6) is 0 Å². The highest BCUT2D eigenvalue weighted by Gasteiger charge is 2.25. The molecule has 0 saturated carbocycles. The highest BCUT2D eigenvalue weighted by Crippen LogP contribution is 2.10. The van der Waals surface area contributed by atoms with Gasteiger partial charge in [-0.25, -0.2) is 4.98 Å². The molecule has 1 unspecified atom stereocenters. The molecule has 19 heavy (non-hydrogen) atoms. The third kappa shape index (κ3) is 3.27. The van der Waals surface area contributed by atoms with Crippen LogP contribution in [0.4, 0.5) is 0 Å². The fourth-order valence-electron chi connectivity index (χ4n) is 2.36. The van der Waals surface area contributed by atoms with E-state index in [4.69, 9.17) is 0 Å². The predicted molar refractivity (Wildman–Crippen MR) is 70.7 cm³/mol. The van der Waals surface area contributed by atoms with E-state index in [0.717, 1.165) is 19.5 Å². The van der Waals surface area contributed by atoms with Crippen LogP contribution in [-0.2, 0) is 0 Å². The molecule has 6 nitrogen and oxygen atoms in total. The molecule has 1 aromatic heterocycles. The molecular formula is C13H20N4O2. The van der Waals surface area contributed by atoms with Crippen molar-refractivity contribution >= 4 is 5.91 Å². The molecule has 0 bridgehead atoms. The lowest BCUT2D eigenvalue weighted by molar-refractivity contribution is 0.0468. The Balaban J connectivity index is 1.91. The number of nitrogens with zero attached hydrogens (tertiary/aromatic N) is 4. The molecular weight excluding hydrogens is 244 g/mol. The lowest BCUT2D eigenvalue weighted by atomic mass is 10.1. The van der Waals surface area contributed by atoms with Gasteiger partial charge in [-0.2, -0.15) is 0 Å². The van der Waals surface area contributed by atoms with Crippen LogP contribution < -0.4 is 0 Å². The van der Waals surface area contributed by atoms with E-state index >= 15 is 0 Å². The first-order valence-electron chi connectivity index (χ1n) is 6.66. The molecule has 6 heteroatoms. The molecule has 2 rings (SSSR count). The molecule has 1 aliphatic rings. The maximum absolute atomic E-state index is 12.2. The van der Waals surface area contributed by atoms with Gasteiger partial charge >= 0.3 is 0 Å². The highest BCUT2D eigenvalue weighted by atomic mass is 16.3. The second-order valence-corrected chi connectivity index (χ2v) is 4.66. The quantitative estimate of drug-likeness (QED) is 0.829. The minimum Gasteiger partial charge on any atom is -0.395 e. The van der Waals surface area contributed by atoms with Crippen LogP contribution in [0.15, 0.2) is 18.6 Å². The first-order chi connectivity index (χ1) is 9.26. The summed E-state index contributed by atoms with van der Waals surface area (Å²) < 4.78 is 0. The van der Waals surface area contributed by atoms with Crippen molar-refractivity contribution in [3.63, 3.8) is 0 Å². The number of aromatic nitrogens is 2. The van der Waals surface area contributed by atoms with Crippen molar-refractivity contribution in [2.45, 2.75) is 19.4 Å². The van der Waals surface area contributed by atoms with Gasteiger partial charge in [-0.3, -0.25) is 14.7 Å². The molecule has 1 fully saturated rings. The van der Waals surface area contributed by atoms with Crippen LogP contribution in [0.25, 0.3) is 0 Å². The van der Waals surface area contributed by atoms with Crippen molar-refractivity contribution < 1.29 is 9.90 Å². The van der Waals surface area contributed by atoms with E-state index in [1.165, 1.54) is 12.4 Å². The molecule has 1 aromatic rings. The predicted octanol–water partition coefficient (Wildman–Crippen LogP) is 0.00530. The number of aliphatic hydroxyl groups excluding tert-OH is 1. The zero-order valence-corrected chi connectivity index (χ0v) is 11.2. The topological polar surface area (TPSA) is 69.6 Å². The number of carbonyl (C=O) groups excluding carboxylic acids is 1. The van der Waals surface area contributed by atoms with Crippen LogP contribution in [0.2, 0.25) is 0 Å². The Morgan fingerprint density at radius 2 is 2.11 bits per heavy atom. The molecule has 1 amide bonds. The smallest absolute Gasteiger partial charge is 0.274 e. The molecule has 1 saturated heterocycles. The SMILES string of the molecule is CCC(CO)N1CCN(C(=O)c2cnccn2)CC1. The van der Waals surface area contributed by atoms with Crippen molar-refractivity contribution in [1.82, 2.24) is 19.8 Å². The van der Waals surface area contributed by atoms with Crippen LogP contribution in [0, 0.1) is 0 Å². The fourth-order valence-corrected chi connectivity index (χ4v) is 2.36. The number of rotatable bonds is 4. The van der Waals surface area contributed by atoms with Gasteiger partial charge in [0.1, 0.15) is 5.69 Å². The number of piperazine rings is 1. The molecule has 0 radical (unpaired) electrons. The highest BCUT2D eigenvalue weighted by molar-refractivity contribution is 5.92. The van der Waals surface area contributed by atoms with E-state index in [-0.39, 0.29) is 18.6 Å². The summed E-state index contributed by atoms with van der Waals surface area (Å²) in [5.41, 5.74) is 0.394. The van der Waals surface area contributed by atoms with E-state index < -0.39 is 0 Å². The van der Waals surface area contributed by atoms with E-state index in [0.29, 0.717) is 18.8 Å². The van der Waals surface area contributed by atoms with Crippen molar-refractivity contribution in [2.75, 3.05) is 32.8 Å². The Kier molecular flexibility index (Phi) is 4.81. The number of hydrogen-bond donors (Lipinski definition) is 1. The minimum atomic E-state index is -0.0650. The first kappa shape index (κ1) is 13.9. The molecule has 1 aliphatic heterocycles. The molecule has 2 heterocycles. The Morgan fingerprint density at radius 1 is 1.37 bits per heavy atom. The normalized spacial score (nSPS) is 18.3. The zero-order valence-electron chi connectivity index (χ0n) is 11.2. The standard InChI is InChI=1S/C13H20N4O2/c1-2-11(10-18)16-5-7-17(8-6-16)13(19)12-9-14-3-4-15-12/h3-4,9,11,18H,2,5-8,10H2,1H3. The molecule has 1 N–H and O–H groups in total. The number of aliphatic hydroxyl groups is 1. The fraction of sp³-hybridized carbons (Fsp3) is 0.615. The maximum atomic E-state index is 12.2. The van der Waals surface area contributed by atoms with E-state index in [9.17, 15) is 9.90 Å². The monoisotopic (exact) mass is 264 g/mol. The molecule has 104 valence electrons. The van der Waals surface area contributed by atoms with E-state index in [1.807, 2.05) is 0 Å². The van der Waals surface area contributed by atoms with E-state index in [2.05, 4.69) is 21.8 Å². The minimum absolute atomic E-state index is 0.0650. The van der Waals surface area contributed by atoms with Crippen LogP contribution in [-0.4, -0.2) is 69.6 Å². The van der Waals surface area contributed by atoms with Gasteiger partial charge in [0, 0.05) is 44.6 Å². The lowest BCUT2D eigenvalue weighted by Gasteiger charge is -2.38. The van der Waals surface area contributed by atoms with Crippen molar-refractivity contribution in [3.8, 4) is 0 Å². The summed E-state index contributed by atoms with van der Waals surface area (Å²) in [6, 6.07) is 0.203. The lowest BCUT2D eigenvalue weighted by Crippen LogP contribution is -2.52. The first-order valence-corrected chi connectivity index (χ1v) is 6.66. The number of hydrogen-bond acceptors (Lipinski definition) is 5.